The lowest BCUT2D eigenvalue weighted by Gasteiger charge is -2.33. The van der Waals surface area contributed by atoms with Gasteiger partial charge in [0.25, 0.3) is 0 Å². The molecule has 1 fully saturated rings. The molecule has 0 saturated carbocycles. The Morgan fingerprint density at radius 2 is 2.11 bits per heavy atom. The van der Waals surface area contributed by atoms with Crippen LogP contribution in [0.2, 0.25) is 0 Å². The molecule has 2 N–H and O–H groups in total. The summed E-state index contributed by atoms with van der Waals surface area (Å²) in [6, 6.07) is -1.67. The van der Waals surface area contributed by atoms with Crippen molar-refractivity contribution in [2.24, 2.45) is 0 Å². The normalized spacial score (nSPS) is 22.6. The number of amides is 1. The van der Waals surface area contributed by atoms with Crippen molar-refractivity contribution in [3.05, 3.63) is 0 Å². The van der Waals surface area contributed by atoms with E-state index < -0.39 is 34.0 Å². The Balaban J connectivity index is 2.76. The lowest BCUT2D eigenvalue weighted by atomic mass is 10.2. The van der Waals surface area contributed by atoms with Crippen molar-refractivity contribution in [1.29, 1.82) is 0 Å². The highest BCUT2D eigenvalue weighted by Crippen LogP contribution is 2.09. The number of hydrogen-bond donors (Lipinski definition) is 2. The highest BCUT2D eigenvalue weighted by atomic mass is 32.2. The summed E-state index contributed by atoms with van der Waals surface area (Å²) in [6.45, 7) is 2.41. The molecule has 0 radical (unpaired) electrons. The summed E-state index contributed by atoms with van der Waals surface area (Å²) in [4.78, 5) is 23.2. The van der Waals surface area contributed by atoms with E-state index in [-0.39, 0.29) is 13.1 Å². The van der Waals surface area contributed by atoms with Crippen LogP contribution in [0.4, 0.5) is 0 Å². The minimum atomic E-state index is -3.47. The fourth-order valence-corrected chi connectivity index (χ4v) is 2.91. The largest absolute Gasteiger partial charge is 0.467 e. The SMILES string of the molecule is COC(=O)C(C)NC(=O)C1CNCCN1S(C)(=O)=O. The van der Waals surface area contributed by atoms with E-state index in [4.69, 9.17) is 0 Å². The van der Waals surface area contributed by atoms with Crippen LogP contribution in [0.5, 0.6) is 0 Å². The molecule has 1 rings (SSSR count). The van der Waals surface area contributed by atoms with Gasteiger partial charge in [-0.25, -0.2) is 13.2 Å². The smallest absolute Gasteiger partial charge is 0.328 e. The lowest BCUT2D eigenvalue weighted by molar-refractivity contribution is -0.145. The molecule has 1 saturated heterocycles. The Labute approximate surface area is 112 Å². The van der Waals surface area contributed by atoms with Crippen molar-refractivity contribution >= 4 is 21.9 Å². The summed E-state index contributed by atoms with van der Waals surface area (Å²) in [5.41, 5.74) is 0. The van der Waals surface area contributed by atoms with E-state index in [1.54, 1.807) is 0 Å². The predicted octanol–water partition coefficient (Wildman–Crippen LogP) is -2.10. The third-order valence-corrected chi connectivity index (χ3v) is 4.13. The standard InChI is InChI=1S/C10H19N3O5S/c1-7(10(15)18-2)12-9(14)8-6-11-4-5-13(8)19(3,16)17/h7-8,11H,4-6H2,1-3H3,(H,12,14). The van der Waals surface area contributed by atoms with E-state index in [9.17, 15) is 18.0 Å². The second-order valence-corrected chi connectivity index (χ2v) is 6.28. The molecule has 1 aliphatic rings. The molecular formula is C10H19N3O5S. The zero-order valence-corrected chi connectivity index (χ0v) is 12.0. The molecule has 1 amide bonds. The van der Waals surface area contributed by atoms with E-state index in [2.05, 4.69) is 15.4 Å². The molecule has 8 nitrogen and oxygen atoms in total. The Hall–Kier alpha value is -1.19. The van der Waals surface area contributed by atoms with E-state index in [1.807, 2.05) is 0 Å². The number of piperazine rings is 1. The molecule has 2 atom stereocenters. The van der Waals surface area contributed by atoms with Crippen LogP contribution >= 0.6 is 0 Å². The monoisotopic (exact) mass is 293 g/mol. The average Bonchev–Trinajstić information content (AvgIpc) is 2.36. The van der Waals surface area contributed by atoms with Crippen molar-refractivity contribution in [2.45, 2.75) is 19.0 Å². The van der Waals surface area contributed by atoms with Gasteiger partial charge in [0.2, 0.25) is 15.9 Å². The van der Waals surface area contributed by atoms with E-state index in [0.29, 0.717) is 6.54 Å². The van der Waals surface area contributed by atoms with Crippen molar-refractivity contribution in [2.75, 3.05) is 33.0 Å². The van der Waals surface area contributed by atoms with Crippen LogP contribution in [0, 0.1) is 0 Å². The van der Waals surface area contributed by atoms with Crippen molar-refractivity contribution in [1.82, 2.24) is 14.9 Å². The van der Waals surface area contributed by atoms with Crippen LogP contribution in [0.3, 0.4) is 0 Å². The first-order valence-electron chi connectivity index (χ1n) is 5.83. The van der Waals surface area contributed by atoms with Gasteiger partial charge in [-0.2, -0.15) is 4.31 Å². The fraction of sp³-hybridized carbons (Fsp3) is 0.800. The number of hydrogen-bond acceptors (Lipinski definition) is 6. The van der Waals surface area contributed by atoms with Crippen molar-refractivity contribution < 1.29 is 22.7 Å². The van der Waals surface area contributed by atoms with Crippen LogP contribution in [-0.2, 0) is 24.3 Å². The lowest BCUT2D eigenvalue weighted by Crippen LogP contribution is -2.60. The maximum absolute atomic E-state index is 12.0. The molecule has 2 unspecified atom stereocenters. The van der Waals surface area contributed by atoms with Gasteiger partial charge >= 0.3 is 5.97 Å². The molecule has 0 aliphatic carbocycles. The quantitative estimate of drug-likeness (QED) is 0.575. The Kier molecular flexibility index (Phi) is 5.27. The van der Waals surface area contributed by atoms with E-state index in [0.717, 1.165) is 10.6 Å². The Bertz CT molecular complexity index is 450. The predicted molar refractivity (Wildman–Crippen MR) is 67.8 cm³/mol. The molecule has 0 aromatic heterocycles. The summed E-state index contributed by atoms with van der Waals surface area (Å²) in [5, 5.41) is 5.39. The van der Waals surface area contributed by atoms with Gasteiger partial charge in [-0.05, 0) is 6.92 Å². The van der Waals surface area contributed by atoms with Gasteiger partial charge in [-0.1, -0.05) is 0 Å². The first-order valence-corrected chi connectivity index (χ1v) is 7.68. The second kappa shape index (κ2) is 6.31. The molecular weight excluding hydrogens is 274 g/mol. The molecule has 19 heavy (non-hydrogen) atoms. The molecule has 0 spiro atoms. The highest BCUT2D eigenvalue weighted by molar-refractivity contribution is 7.88. The van der Waals surface area contributed by atoms with Gasteiger partial charge < -0.3 is 15.4 Å². The number of carbonyl (C=O) groups excluding carboxylic acids is 2. The van der Waals surface area contributed by atoms with Crippen LogP contribution in [0.25, 0.3) is 0 Å². The number of ether oxygens (including phenoxy) is 1. The minimum absolute atomic E-state index is 0.215. The van der Waals surface area contributed by atoms with E-state index in [1.165, 1.54) is 14.0 Å². The minimum Gasteiger partial charge on any atom is -0.467 e. The van der Waals surface area contributed by atoms with Gasteiger partial charge in [0.15, 0.2) is 0 Å². The number of rotatable bonds is 4. The van der Waals surface area contributed by atoms with Crippen molar-refractivity contribution in [3.63, 3.8) is 0 Å². The summed E-state index contributed by atoms with van der Waals surface area (Å²) in [7, 11) is -2.25. The van der Waals surface area contributed by atoms with Gasteiger partial charge in [0, 0.05) is 19.6 Å². The fourth-order valence-electron chi connectivity index (χ4n) is 1.85. The van der Waals surface area contributed by atoms with Crippen LogP contribution < -0.4 is 10.6 Å². The van der Waals surface area contributed by atoms with Crippen molar-refractivity contribution in [3.8, 4) is 0 Å². The second-order valence-electron chi connectivity index (χ2n) is 4.35. The molecule has 1 aliphatic heterocycles. The molecule has 1 heterocycles. The molecule has 0 aromatic rings. The summed E-state index contributed by atoms with van der Waals surface area (Å²) >= 11 is 0. The topological polar surface area (TPSA) is 105 Å². The zero-order valence-electron chi connectivity index (χ0n) is 11.2. The number of carbonyl (C=O) groups is 2. The average molecular weight is 293 g/mol. The maximum atomic E-state index is 12.0. The van der Waals surface area contributed by atoms with Crippen LogP contribution in [0.15, 0.2) is 0 Å². The van der Waals surface area contributed by atoms with Crippen LogP contribution in [0.1, 0.15) is 6.92 Å². The highest BCUT2D eigenvalue weighted by Gasteiger charge is 2.35. The number of nitrogens with zero attached hydrogens (tertiary/aromatic N) is 1. The Morgan fingerprint density at radius 3 is 2.63 bits per heavy atom. The molecule has 9 heteroatoms. The Morgan fingerprint density at radius 1 is 1.47 bits per heavy atom. The molecule has 0 bridgehead atoms. The maximum Gasteiger partial charge on any atom is 0.328 e. The summed E-state index contributed by atoms with van der Waals surface area (Å²) in [6.07, 6.45) is 1.06. The summed E-state index contributed by atoms with van der Waals surface area (Å²) < 4.78 is 28.8. The molecule has 110 valence electrons. The molecule has 0 aromatic carbocycles. The number of nitrogens with one attached hydrogen (secondary N) is 2. The first-order chi connectivity index (χ1) is 8.77. The van der Waals surface area contributed by atoms with E-state index >= 15 is 0 Å². The number of esters is 1. The number of methoxy groups -OCH3 is 1. The van der Waals surface area contributed by atoms with Crippen LogP contribution in [-0.4, -0.2) is 69.7 Å². The van der Waals surface area contributed by atoms with Gasteiger partial charge in [-0.3, -0.25) is 4.79 Å². The van der Waals surface area contributed by atoms with Gasteiger partial charge in [0.1, 0.15) is 12.1 Å². The third kappa shape index (κ3) is 4.15. The zero-order chi connectivity index (χ0) is 14.6. The number of sulfonamides is 1. The summed E-state index contributed by atoms with van der Waals surface area (Å²) in [5.74, 6) is -1.10. The third-order valence-electron chi connectivity index (χ3n) is 2.84. The van der Waals surface area contributed by atoms with Gasteiger partial charge in [-0.15, -0.1) is 0 Å². The first kappa shape index (κ1) is 15.9. The van der Waals surface area contributed by atoms with Gasteiger partial charge in [0.05, 0.1) is 13.4 Å².